The highest BCUT2D eigenvalue weighted by Crippen LogP contribution is 2.23. The number of aryl methyl sites for hydroxylation is 1. The SMILES string of the molecule is Cc1ccc(-c2ccc3nnc([C@H]4CCCCN4)n3n2)cc1. The van der Waals surface area contributed by atoms with E-state index in [0.717, 1.165) is 35.7 Å². The van der Waals surface area contributed by atoms with Crippen molar-refractivity contribution in [2.75, 3.05) is 6.54 Å². The fraction of sp³-hybridized carbons (Fsp3) is 0.353. The minimum absolute atomic E-state index is 0.254. The molecule has 1 atom stereocenters. The van der Waals surface area contributed by atoms with Gasteiger partial charge < -0.3 is 5.32 Å². The Bertz CT molecular complexity index is 784. The minimum Gasteiger partial charge on any atom is -0.307 e. The first kappa shape index (κ1) is 13.4. The summed E-state index contributed by atoms with van der Waals surface area (Å²) in [7, 11) is 0. The van der Waals surface area contributed by atoms with Gasteiger partial charge in [-0.3, -0.25) is 0 Å². The second kappa shape index (κ2) is 5.50. The molecule has 2 aromatic heterocycles. The van der Waals surface area contributed by atoms with Crippen molar-refractivity contribution in [1.29, 1.82) is 0 Å². The fourth-order valence-electron chi connectivity index (χ4n) is 2.97. The minimum atomic E-state index is 0.254. The first-order chi connectivity index (χ1) is 10.8. The molecule has 1 aliphatic rings. The Kier molecular flexibility index (Phi) is 3.35. The van der Waals surface area contributed by atoms with Crippen LogP contribution in [0.3, 0.4) is 0 Å². The van der Waals surface area contributed by atoms with E-state index >= 15 is 0 Å². The molecule has 0 saturated carbocycles. The second-order valence-electron chi connectivity index (χ2n) is 5.92. The van der Waals surface area contributed by atoms with Gasteiger partial charge in [-0.2, -0.15) is 9.61 Å². The zero-order valence-corrected chi connectivity index (χ0v) is 12.7. The standard InChI is InChI=1S/C17H19N5/c1-12-5-7-13(8-6-12)14-9-10-16-19-20-17(22(16)21-14)15-4-2-3-11-18-15/h5-10,15,18H,2-4,11H2,1H3/t15-/m1/s1. The molecule has 0 aliphatic carbocycles. The number of nitrogens with one attached hydrogen (secondary N) is 1. The van der Waals surface area contributed by atoms with Crippen molar-refractivity contribution in [1.82, 2.24) is 25.1 Å². The number of aromatic nitrogens is 4. The van der Waals surface area contributed by atoms with Crippen molar-refractivity contribution in [2.45, 2.75) is 32.2 Å². The smallest absolute Gasteiger partial charge is 0.178 e. The van der Waals surface area contributed by atoms with Crippen molar-refractivity contribution in [2.24, 2.45) is 0 Å². The number of rotatable bonds is 2. The monoisotopic (exact) mass is 293 g/mol. The number of hydrogen-bond acceptors (Lipinski definition) is 4. The Morgan fingerprint density at radius 3 is 2.68 bits per heavy atom. The number of hydrogen-bond donors (Lipinski definition) is 1. The van der Waals surface area contributed by atoms with Gasteiger partial charge in [-0.05, 0) is 38.4 Å². The highest BCUT2D eigenvalue weighted by Gasteiger charge is 2.21. The van der Waals surface area contributed by atoms with E-state index in [1.807, 2.05) is 16.6 Å². The van der Waals surface area contributed by atoms with Crippen LogP contribution in [0, 0.1) is 6.92 Å². The van der Waals surface area contributed by atoms with Crippen LogP contribution >= 0.6 is 0 Å². The van der Waals surface area contributed by atoms with Crippen LogP contribution in [-0.2, 0) is 0 Å². The van der Waals surface area contributed by atoms with Gasteiger partial charge in [-0.25, -0.2) is 0 Å². The van der Waals surface area contributed by atoms with Crippen molar-refractivity contribution in [3.63, 3.8) is 0 Å². The molecule has 4 rings (SSSR count). The molecule has 1 N–H and O–H groups in total. The van der Waals surface area contributed by atoms with Crippen LogP contribution in [0.15, 0.2) is 36.4 Å². The van der Waals surface area contributed by atoms with Gasteiger partial charge in [0, 0.05) is 5.56 Å². The van der Waals surface area contributed by atoms with Crippen molar-refractivity contribution >= 4 is 5.65 Å². The Morgan fingerprint density at radius 2 is 1.91 bits per heavy atom. The lowest BCUT2D eigenvalue weighted by atomic mass is 10.0. The van der Waals surface area contributed by atoms with Gasteiger partial charge in [0.05, 0.1) is 11.7 Å². The molecule has 0 amide bonds. The van der Waals surface area contributed by atoms with E-state index in [2.05, 4.69) is 46.7 Å². The molecule has 0 spiro atoms. The largest absolute Gasteiger partial charge is 0.307 e. The highest BCUT2D eigenvalue weighted by molar-refractivity contribution is 5.60. The van der Waals surface area contributed by atoms with E-state index in [-0.39, 0.29) is 6.04 Å². The molecule has 1 aromatic carbocycles. The summed E-state index contributed by atoms with van der Waals surface area (Å²) >= 11 is 0. The van der Waals surface area contributed by atoms with Gasteiger partial charge in [0.1, 0.15) is 0 Å². The van der Waals surface area contributed by atoms with Crippen molar-refractivity contribution < 1.29 is 0 Å². The zero-order chi connectivity index (χ0) is 14.9. The number of nitrogens with zero attached hydrogens (tertiary/aromatic N) is 4. The van der Waals surface area contributed by atoms with E-state index < -0.39 is 0 Å². The molecule has 3 aromatic rings. The molecule has 0 bridgehead atoms. The predicted molar refractivity (Wildman–Crippen MR) is 85.5 cm³/mol. The van der Waals surface area contributed by atoms with Crippen LogP contribution in [0.4, 0.5) is 0 Å². The third kappa shape index (κ3) is 2.37. The molecule has 5 heteroatoms. The van der Waals surface area contributed by atoms with Gasteiger partial charge in [-0.15, -0.1) is 10.2 Å². The molecule has 0 radical (unpaired) electrons. The van der Waals surface area contributed by atoms with Crippen LogP contribution in [0.2, 0.25) is 0 Å². The van der Waals surface area contributed by atoms with E-state index in [1.54, 1.807) is 0 Å². The lowest BCUT2D eigenvalue weighted by molar-refractivity contribution is 0.392. The quantitative estimate of drug-likeness (QED) is 0.789. The maximum Gasteiger partial charge on any atom is 0.178 e. The third-order valence-corrected chi connectivity index (χ3v) is 4.26. The van der Waals surface area contributed by atoms with Crippen LogP contribution < -0.4 is 5.32 Å². The average Bonchev–Trinajstić information content (AvgIpc) is 2.99. The first-order valence-electron chi connectivity index (χ1n) is 7.84. The van der Waals surface area contributed by atoms with Crippen LogP contribution in [-0.4, -0.2) is 26.4 Å². The molecule has 1 fully saturated rings. The van der Waals surface area contributed by atoms with Crippen LogP contribution in [0.1, 0.15) is 36.7 Å². The molecule has 0 unspecified atom stereocenters. The Labute approximate surface area is 129 Å². The van der Waals surface area contributed by atoms with Gasteiger partial charge in [-0.1, -0.05) is 36.2 Å². The lowest BCUT2D eigenvalue weighted by Gasteiger charge is -2.21. The zero-order valence-electron chi connectivity index (χ0n) is 12.7. The molecular weight excluding hydrogens is 274 g/mol. The van der Waals surface area contributed by atoms with Gasteiger partial charge in [0.25, 0.3) is 0 Å². The number of benzene rings is 1. The summed E-state index contributed by atoms with van der Waals surface area (Å²) in [5.41, 5.74) is 4.12. The van der Waals surface area contributed by atoms with E-state index in [9.17, 15) is 0 Å². The Hall–Kier alpha value is -2.27. The Balaban J connectivity index is 1.77. The second-order valence-corrected chi connectivity index (χ2v) is 5.92. The van der Waals surface area contributed by atoms with Crippen LogP contribution in [0.25, 0.3) is 16.9 Å². The van der Waals surface area contributed by atoms with Gasteiger partial charge in [0.2, 0.25) is 0 Å². The maximum absolute atomic E-state index is 4.76. The lowest BCUT2D eigenvalue weighted by Crippen LogP contribution is -2.28. The van der Waals surface area contributed by atoms with E-state index in [4.69, 9.17) is 5.10 Å². The number of piperidine rings is 1. The summed E-state index contributed by atoms with van der Waals surface area (Å²) in [5, 5.41) is 16.9. The van der Waals surface area contributed by atoms with Crippen LogP contribution in [0.5, 0.6) is 0 Å². The summed E-state index contributed by atoms with van der Waals surface area (Å²) in [4.78, 5) is 0. The fourth-order valence-corrected chi connectivity index (χ4v) is 2.97. The molecule has 5 nitrogen and oxygen atoms in total. The summed E-state index contributed by atoms with van der Waals surface area (Å²) in [6.07, 6.45) is 3.55. The number of fused-ring (bicyclic) bond motifs is 1. The molecule has 22 heavy (non-hydrogen) atoms. The first-order valence-corrected chi connectivity index (χ1v) is 7.84. The molecule has 1 saturated heterocycles. The third-order valence-electron chi connectivity index (χ3n) is 4.26. The average molecular weight is 293 g/mol. The molecular formula is C17H19N5. The van der Waals surface area contributed by atoms with E-state index in [0.29, 0.717) is 0 Å². The van der Waals surface area contributed by atoms with Gasteiger partial charge in [0.15, 0.2) is 11.5 Å². The molecule has 3 heterocycles. The molecule has 112 valence electrons. The van der Waals surface area contributed by atoms with Crippen molar-refractivity contribution in [3.05, 3.63) is 47.8 Å². The summed E-state index contributed by atoms with van der Waals surface area (Å²) in [6.45, 7) is 3.13. The molecule has 1 aliphatic heterocycles. The van der Waals surface area contributed by atoms with Gasteiger partial charge >= 0.3 is 0 Å². The van der Waals surface area contributed by atoms with Crippen molar-refractivity contribution in [3.8, 4) is 11.3 Å². The summed E-state index contributed by atoms with van der Waals surface area (Å²) in [6, 6.07) is 12.7. The Morgan fingerprint density at radius 1 is 1.05 bits per heavy atom. The topological polar surface area (TPSA) is 55.1 Å². The maximum atomic E-state index is 4.76. The van der Waals surface area contributed by atoms with E-state index in [1.165, 1.54) is 18.4 Å². The highest BCUT2D eigenvalue weighted by atomic mass is 15.4. The summed E-state index contributed by atoms with van der Waals surface area (Å²) < 4.78 is 1.89. The summed E-state index contributed by atoms with van der Waals surface area (Å²) in [5.74, 6) is 0.920. The predicted octanol–water partition coefficient (Wildman–Crippen LogP) is 2.91. The normalized spacial score (nSPS) is 18.7.